The fraction of sp³-hybridized carbons (Fsp3) is 0.310. The summed E-state index contributed by atoms with van der Waals surface area (Å²) in [6, 6.07) is 11.9. The van der Waals surface area contributed by atoms with Gasteiger partial charge in [0.05, 0.1) is 5.69 Å². The Morgan fingerprint density at radius 1 is 1.02 bits per heavy atom. The number of carbonyl (C=O) groups is 1. The molecular formula is C29H28ClF5N4O2. The molecule has 0 radical (unpaired) electrons. The number of alkyl halides is 3. The van der Waals surface area contributed by atoms with E-state index < -0.39 is 23.9 Å². The lowest BCUT2D eigenvalue weighted by Crippen LogP contribution is -2.34. The number of halogens is 6. The monoisotopic (exact) mass is 594 g/mol. The Bertz CT molecular complexity index is 1520. The smallest absolute Gasteiger partial charge is 0.406 e. The number of rotatable bonds is 6. The molecule has 1 saturated heterocycles. The molecule has 6 nitrogen and oxygen atoms in total. The Labute approximate surface area is 239 Å². The van der Waals surface area contributed by atoms with E-state index in [-0.39, 0.29) is 41.9 Å². The Hall–Kier alpha value is -3.86. The number of hydrogen-bond acceptors (Lipinski definition) is 4. The number of amides is 1. The summed E-state index contributed by atoms with van der Waals surface area (Å²) in [4.78, 5) is 18.9. The number of piperidine rings is 1. The summed E-state index contributed by atoms with van der Waals surface area (Å²) in [7, 11) is 0. The zero-order valence-electron chi connectivity index (χ0n) is 22.3. The molecule has 1 aliphatic rings. The van der Waals surface area contributed by atoms with Gasteiger partial charge in [0, 0.05) is 25.8 Å². The molecule has 3 heterocycles. The highest BCUT2D eigenvalue weighted by molar-refractivity contribution is 5.94. The summed E-state index contributed by atoms with van der Waals surface area (Å²) in [6.45, 7) is 4.34. The minimum Gasteiger partial charge on any atom is -0.406 e. The third kappa shape index (κ3) is 6.73. The summed E-state index contributed by atoms with van der Waals surface area (Å²) in [6.07, 6.45) is -1.84. The van der Waals surface area contributed by atoms with Crippen molar-refractivity contribution in [1.82, 2.24) is 14.7 Å². The number of aromatic nitrogens is 2. The van der Waals surface area contributed by atoms with Gasteiger partial charge in [-0.15, -0.1) is 25.6 Å². The summed E-state index contributed by atoms with van der Waals surface area (Å²) in [5, 5.41) is 2.72. The first-order valence-corrected chi connectivity index (χ1v) is 12.8. The van der Waals surface area contributed by atoms with Gasteiger partial charge >= 0.3 is 6.36 Å². The van der Waals surface area contributed by atoms with Gasteiger partial charge in [-0.2, -0.15) is 0 Å². The average molecular weight is 595 g/mol. The number of nitrogens with one attached hydrogen (secondary N) is 1. The fourth-order valence-electron chi connectivity index (χ4n) is 5.20. The van der Waals surface area contributed by atoms with Crippen LogP contribution in [0.25, 0.3) is 5.65 Å². The zero-order chi connectivity index (χ0) is 28.6. The van der Waals surface area contributed by atoms with Crippen molar-refractivity contribution in [2.45, 2.75) is 45.5 Å². The second-order valence-corrected chi connectivity index (χ2v) is 9.95. The summed E-state index contributed by atoms with van der Waals surface area (Å²) in [5.74, 6) is -2.10. The molecule has 1 aliphatic heterocycles. The topological polar surface area (TPSA) is 58.9 Å². The Kier molecular flexibility index (Phi) is 8.77. The average Bonchev–Trinajstić information content (AvgIpc) is 3.21. The van der Waals surface area contributed by atoms with Crippen molar-refractivity contribution >= 4 is 29.6 Å². The predicted octanol–water partition coefficient (Wildman–Crippen LogP) is 6.86. The molecule has 0 bridgehead atoms. The van der Waals surface area contributed by atoms with Crippen LogP contribution in [0.1, 0.15) is 51.6 Å². The number of aryl methyl sites for hydroxylation is 2. The number of carbonyl (C=O) groups excluding carboxylic acids is 1. The van der Waals surface area contributed by atoms with Crippen LogP contribution in [0, 0.1) is 25.5 Å². The number of nitrogens with zero attached hydrogens (tertiary/aromatic N) is 3. The van der Waals surface area contributed by atoms with Crippen LogP contribution in [0.4, 0.5) is 27.6 Å². The maximum absolute atomic E-state index is 15.1. The molecule has 2 aromatic heterocycles. The van der Waals surface area contributed by atoms with Gasteiger partial charge in [0.25, 0.3) is 5.91 Å². The number of benzene rings is 2. The van der Waals surface area contributed by atoms with E-state index in [1.807, 2.05) is 19.1 Å². The highest BCUT2D eigenvalue weighted by Gasteiger charge is 2.31. The lowest BCUT2D eigenvalue weighted by molar-refractivity contribution is -0.274. The summed E-state index contributed by atoms with van der Waals surface area (Å²) < 4.78 is 72.9. The molecule has 0 unspecified atom stereocenters. The predicted molar refractivity (Wildman–Crippen MR) is 147 cm³/mol. The zero-order valence-corrected chi connectivity index (χ0v) is 23.1. The number of pyridine rings is 1. The van der Waals surface area contributed by atoms with Crippen LogP contribution in [-0.4, -0.2) is 34.7 Å². The van der Waals surface area contributed by atoms with Gasteiger partial charge < -0.3 is 15.0 Å². The Morgan fingerprint density at radius 2 is 1.66 bits per heavy atom. The first-order valence-electron chi connectivity index (χ1n) is 12.8. The standard InChI is InChI=1S/C29H27F5N4O2.ClH/c1-17-7-12-38-25(13-17)36-18(2)26(38)28(39)35-16-19-14-23(30)27(24(31)15-19)37-10-8-21(9-11-37)20-3-5-22(6-4-20)40-29(32,33)34;/h3-7,12-15,21H,8-11,16H2,1-2H3,(H,35,39);1H. The van der Waals surface area contributed by atoms with E-state index in [0.29, 0.717) is 43.0 Å². The minimum atomic E-state index is -4.75. The molecule has 0 spiro atoms. The van der Waals surface area contributed by atoms with Crippen molar-refractivity contribution in [3.05, 3.63) is 94.4 Å². The third-order valence-electron chi connectivity index (χ3n) is 7.10. The van der Waals surface area contributed by atoms with E-state index in [9.17, 15) is 18.0 Å². The van der Waals surface area contributed by atoms with Gasteiger partial charge in [-0.05, 0) is 85.7 Å². The van der Waals surface area contributed by atoms with Crippen molar-refractivity contribution in [2.75, 3.05) is 18.0 Å². The Balaban J connectivity index is 0.00000387. The summed E-state index contributed by atoms with van der Waals surface area (Å²) in [5.41, 5.74) is 3.55. The van der Waals surface area contributed by atoms with Crippen LogP contribution in [0.3, 0.4) is 0 Å². The molecular weight excluding hydrogens is 567 g/mol. The van der Waals surface area contributed by atoms with Crippen molar-refractivity contribution < 1.29 is 31.5 Å². The molecule has 218 valence electrons. The van der Waals surface area contributed by atoms with Crippen molar-refractivity contribution in [3.8, 4) is 5.75 Å². The largest absolute Gasteiger partial charge is 0.573 e. The van der Waals surface area contributed by atoms with Crippen LogP contribution < -0.4 is 15.0 Å². The molecule has 1 N–H and O–H groups in total. The van der Waals surface area contributed by atoms with E-state index in [1.54, 1.807) is 34.6 Å². The highest BCUT2D eigenvalue weighted by atomic mass is 35.5. The molecule has 0 saturated carbocycles. The molecule has 12 heteroatoms. The van der Waals surface area contributed by atoms with Gasteiger partial charge in [-0.3, -0.25) is 9.20 Å². The van der Waals surface area contributed by atoms with Gasteiger partial charge in [0.1, 0.15) is 34.4 Å². The molecule has 2 aromatic carbocycles. The van der Waals surface area contributed by atoms with Gasteiger partial charge in [0.2, 0.25) is 0 Å². The summed E-state index contributed by atoms with van der Waals surface area (Å²) >= 11 is 0. The SMILES string of the molecule is Cc1ccn2c(C(=O)NCc3cc(F)c(N4CCC(c5ccc(OC(F)(F)F)cc5)CC4)c(F)c3)c(C)nc2c1.Cl. The van der Waals surface area contributed by atoms with Crippen LogP contribution in [-0.2, 0) is 6.54 Å². The fourth-order valence-corrected chi connectivity index (χ4v) is 5.20. The lowest BCUT2D eigenvalue weighted by atomic mass is 9.89. The Morgan fingerprint density at radius 3 is 2.27 bits per heavy atom. The quantitative estimate of drug-likeness (QED) is 0.248. The molecule has 41 heavy (non-hydrogen) atoms. The van der Waals surface area contributed by atoms with Crippen LogP contribution in [0.2, 0.25) is 0 Å². The molecule has 5 rings (SSSR count). The minimum absolute atomic E-state index is 0. The lowest BCUT2D eigenvalue weighted by Gasteiger charge is -2.34. The van der Waals surface area contributed by atoms with Crippen LogP contribution in [0.5, 0.6) is 5.75 Å². The van der Waals surface area contributed by atoms with E-state index in [1.165, 1.54) is 24.3 Å². The van der Waals surface area contributed by atoms with E-state index in [0.717, 1.165) is 11.1 Å². The van der Waals surface area contributed by atoms with Crippen molar-refractivity contribution in [3.63, 3.8) is 0 Å². The number of ether oxygens (including phenoxy) is 1. The van der Waals surface area contributed by atoms with Crippen LogP contribution >= 0.6 is 12.4 Å². The maximum atomic E-state index is 15.1. The second-order valence-electron chi connectivity index (χ2n) is 9.95. The van der Waals surface area contributed by atoms with Crippen molar-refractivity contribution in [1.29, 1.82) is 0 Å². The van der Waals surface area contributed by atoms with E-state index in [4.69, 9.17) is 0 Å². The van der Waals surface area contributed by atoms with Gasteiger partial charge in [-0.25, -0.2) is 13.8 Å². The second kappa shape index (κ2) is 11.9. The normalized spacial score (nSPS) is 14.2. The maximum Gasteiger partial charge on any atom is 0.573 e. The number of fused-ring (bicyclic) bond motifs is 1. The molecule has 4 aromatic rings. The van der Waals surface area contributed by atoms with Gasteiger partial charge in [-0.1, -0.05) is 12.1 Å². The van der Waals surface area contributed by atoms with E-state index in [2.05, 4.69) is 15.0 Å². The number of hydrogen-bond donors (Lipinski definition) is 1. The van der Waals surface area contributed by atoms with Gasteiger partial charge in [0.15, 0.2) is 0 Å². The molecule has 0 atom stereocenters. The number of anilines is 1. The molecule has 0 aliphatic carbocycles. The third-order valence-corrected chi connectivity index (χ3v) is 7.10. The van der Waals surface area contributed by atoms with Crippen molar-refractivity contribution in [2.24, 2.45) is 0 Å². The highest BCUT2D eigenvalue weighted by Crippen LogP contribution is 2.34. The molecule has 1 amide bonds. The first kappa shape index (κ1) is 30.1. The first-order chi connectivity index (χ1) is 19.0. The molecule has 1 fully saturated rings. The number of imidazole rings is 1. The van der Waals surface area contributed by atoms with E-state index >= 15 is 8.78 Å². The van der Waals surface area contributed by atoms with Crippen LogP contribution in [0.15, 0.2) is 54.7 Å².